The van der Waals surface area contributed by atoms with Crippen LogP contribution in [0.2, 0.25) is 0 Å². The number of aromatic nitrogens is 3. The van der Waals surface area contributed by atoms with Gasteiger partial charge in [0.05, 0.1) is 52.1 Å². The maximum Gasteiger partial charge on any atom is 0.255 e. The van der Waals surface area contributed by atoms with Crippen molar-refractivity contribution in [3.05, 3.63) is 47.8 Å². The molecule has 0 spiro atoms. The number of fused-ring (bicyclic) bond motifs is 1. The van der Waals surface area contributed by atoms with E-state index in [2.05, 4.69) is 32.1 Å². The molecular weight excluding hydrogens is 513 g/mol. The van der Waals surface area contributed by atoms with Crippen LogP contribution in [0, 0.1) is 22.7 Å². The quantitative estimate of drug-likeness (QED) is 0.320. The Labute approximate surface area is 233 Å². The van der Waals surface area contributed by atoms with Crippen molar-refractivity contribution in [2.75, 3.05) is 18.4 Å². The molecule has 1 atom stereocenters. The fourth-order valence-electron chi connectivity index (χ4n) is 4.42. The summed E-state index contributed by atoms with van der Waals surface area (Å²) in [7, 11) is 0. The predicted molar refractivity (Wildman–Crippen MR) is 149 cm³/mol. The summed E-state index contributed by atoms with van der Waals surface area (Å²) in [6.07, 6.45) is 2.88. The van der Waals surface area contributed by atoms with E-state index in [0.29, 0.717) is 35.1 Å². The molecule has 40 heavy (non-hydrogen) atoms. The van der Waals surface area contributed by atoms with Gasteiger partial charge in [-0.3, -0.25) is 14.6 Å². The monoisotopic (exact) mass is 549 g/mol. The molecule has 11 heteroatoms. The molecule has 0 unspecified atom stereocenters. The molecule has 212 valence electrons. The van der Waals surface area contributed by atoms with E-state index < -0.39 is 23.1 Å². The summed E-state index contributed by atoms with van der Waals surface area (Å²) in [6.45, 7) is 8.56. The molecule has 0 bridgehead atoms. The molecule has 10 nitrogen and oxygen atoms in total. The fraction of sp³-hybridized carbons (Fsp3) is 0.483. The van der Waals surface area contributed by atoms with E-state index in [9.17, 15) is 24.3 Å². The minimum Gasteiger partial charge on any atom is -0.387 e. The molecule has 3 aromatic heterocycles. The molecular formula is C29H36FN7O3. The first kappa shape index (κ1) is 29.0. The zero-order valence-corrected chi connectivity index (χ0v) is 23.5. The molecule has 0 aliphatic heterocycles. The van der Waals surface area contributed by atoms with Gasteiger partial charge in [0.25, 0.3) is 5.91 Å². The summed E-state index contributed by atoms with van der Waals surface area (Å²) < 4.78 is 16.0. The van der Waals surface area contributed by atoms with Gasteiger partial charge in [-0.15, -0.1) is 0 Å². The van der Waals surface area contributed by atoms with Gasteiger partial charge in [-0.05, 0) is 56.9 Å². The first-order valence-electron chi connectivity index (χ1n) is 13.3. The molecule has 0 radical (unpaired) electrons. The Balaban J connectivity index is 1.54. The van der Waals surface area contributed by atoms with Gasteiger partial charge in [0.1, 0.15) is 12.2 Å². The van der Waals surface area contributed by atoms with Crippen molar-refractivity contribution in [3.8, 4) is 17.5 Å². The standard InChI is InChI=1S/C29H36FN7O3/c1-28(2,3)27(39)34-13-17-8-19(9-17)36-22-11-23(24-7-6-20-10-18(12-31)14-35-37(20)24)32-15-21(22)26(38)33-16-25(30)29(4,5)40/h6-7,10-11,14-15,17,19,25,40H,8-9,13,16H2,1-5H3,(H,32,36)(H,33,38)(H,34,39)/t17?,19?,25-/m1/s1. The molecule has 1 fully saturated rings. The smallest absolute Gasteiger partial charge is 0.255 e. The maximum atomic E-state index is 14.3. The molecule has 3 aromatic rings. The fourth-order valence-corrected chi connectivity index (χ4v) is 4.42. The van der Waals surface area contributed by atoms with Crippen LogP contribution in [0.5, 0.6) is 0 Å². The zero-order valence-electron chi connectivity index (χ0n) is 23.5. The number of nitrogens with one attached hydrogen (secondary N) is 3. The van der Waals surface area contributed by atoms with Crippen LogP contribution in [-0.2, 0) is 4.79 Å². The lowest BCUT2D eigenvalue weighted by molar-refractivity contribution is -0.128. The lowest BCUT2D eigenvalue weighted by Crippen LogP contribution is -2.45. The number of pyridine rings is 1. The molecule has 1 saturated carbocycles. The number of aliphatic hydroxyl groups is 1. The Kier molecular flexibility index (Phi) is 8.12. The third-order valence-electron chi connectivity index (χ3n) is 7.08. The van der Waals surface area contributed by atoms with Crippen LogP contribution in [0.25, 0.3) is 16.9 Å². The number of carbonyl (C=O) groups excluding carboxylic acids is 2. The van der Waals surface area contributed by atoms with Gasteiger partial charge in [0.2, 0.25) is 5.91 Å². The second-order valence-electron chi connectivity index (χ2n) is 12.0. The number of amides is 2. The highest BCUT2D eigenvalue weighted by Crippen LogP contribution is 2.33. The van der Waals surface area contributed by atoms with Crippen molar-refractivity contribution in [1.82, 2.24) is 25.2 Å². The Morgan fingerprint density at radius 2 is 1.90 bits per heavy atom. The molecule has 4 N–H and O–H groups in total. The van der Waals surface area contributed by atoms with Gasteiger partial charge in [-0.1, -0.05) is 20.8 Å². The van der Waals surface area contributed by atoms with E-state index in [1.54, 1.807) is 16.6 Å². The number of rotatable bonds is 9. The van der Waals surface area contributed by atoms with Crippen LogP contribution in [-0.4, -0.2) is 62.4 Å². The molecule has 3 heterocycles. The van der Waals surface area contributed by atoms with Gasteiger partial charge in [0, 0.05) is 24.2 Å². The van der Waals surface area contributed by atoms with Gasteiger partial charge in [-0.2, -0.15) is 10.4 Å². The highest BCUT2D eigenvalue weighted by molar-refractivity contribution is 6.00. The second kappa shape index (κ2) is 11.2. The summed E-state index contributed by atoms with van der Waals surface area (Å²) in [6, 6.07) is 9.30. The van der Waals surface area contributed by atoms with Crippen LogP contribution in [0.1, 0.15) is 63.4 Å². The number of anilines is 1. The number of hydrogen-bond donors (Lipinski definition) is 4. The Hall–Kier alpha value is -4.04. The first-order chi connectivity index (χ1) is 18.8. The summed E-state index contributed by atoms with van der Waals surface area (Å²) in [5, 5.41) is 32.4. The summed E-state index contributed by atoms with van der Waals surface area (Å²) >= 11 is 0. The van der Waals surface area contributed by atoms with E-state index in [4.69, 9.17) is 0 Å². The normalized spacial score (nSPS) is 17.9. The van der Waals surface area contributed by atoms with Crippen LogP contribution in [0.15, 0.2) is 36.7 Å². The molecule has 1 aliphatic rings. The minimum atomic E-state index is -1.65. The van der Waals surface area contributed by atoms with Crippen LogP contribution < -0.4 is 16.0 Å². The van der Waals surface area contributed by atoms with Crippen molar-refractivity contribution >= 4 is 23.0 Å². The molecule has 0 saturated heterocycles. The van der Waals surface area contributed by atoms with Gasteiger partial charge in [0.15, 0.2) is 0 Å². The first-order valence-corrected chi connectivity index (χ1v) is 13.3. The Morgan fingerprint density at radius 1 is 1.18 bits per heavy atom. The SMILES string of the molecule is CC(C)(C)C(=O)NCC1CC(Nc2cc(-c3ccc4cc(C#N)cnn34)ncc2C(=O)NC[C@@H](F)C(C)(C)O)C1. The average Bonchev–Trinajstić information content (AvgIpc) is 3.30. The van der Waals surface area contributed by atoms with Gasteiger partial charge in [-0.25, -0.2) is 8.91 Å². The lowest BCUT2D eigenvalue weighted by atomic mass is 9.79. The minimum absolute atomic E-state index is 0.00814. The van der Waals surface area contributed by atoms with Crippen molar-refractivity contribution in [2.45, 2.75) is 65.3 Å². The van der Waals surface area contributed by atoms with Crippen molar-refractivity contribution in [1.29, 1.82) is 5.26 Å². The second-order valence-corrected chi connectivity index (χ2v) is 12.0. The summed E-state index contributed by atoms with van der Waals surface area (Å²) in [4.78, 5) is 29.8. The number of nitrogens with zero attached hydrogens (tertiary/aromatic N) is 4. The highest BCUT2D eigenvalue weighted by Gasteiger charge is 2.32. The average molecular weight is 550 g/mol. The third-order valence-corrected chi connectivity index (χ3v) is 7.08. The Bertz CT molecular complexity index is 1440. The van der Waals surface area contributed by atoms with Crippen molar-refractivity contribution < 1.29 is 19.1 Å². The summed E-state index contributed by atoms with van der Waals surface area (Å²) in [5.41, 5.74) is 1.15. The highest BCUT2D eigenvalue weighted by atomic mass is 19.1. The van der Waals surface area contributed by atoms with Crippen LogP contribution >= 0.6 is 0 Å². The van der Waals surface area contributed by atoms with E-state index in [1.807, 2.05) is 32.9 Å². The topological polar surface area (TPSA) is 144 Å². The van der Waals surface area contributed by atoms with E-state index in [0.717, 1.165) is 18.4 Å². The van der Waals surface area contributed by atoms with Crippen LogP contribution in [0.4, 0.5) is 10.1 Å². The largest absolute Gasteiger partial charge is 0.387 e. The van der Waals surface area contributed by atoms with Crippen molar-refractivity contribution in [2.24, 2.45) is 11.3 Å². The van der Waals surface area contributed by atoms with Crippen molar-refractivity contribution in [3.63, 3.8) is 0 Å². The number of halogens is 1. The molecule has 0 aromatic carbocycles. The number of nitriles is 1. The molecule has 2 amide bonds. The number of hydrogen-bond acceptors (Lipinski definition) is 7. The van der Waals surface area contributed by atoms with Crippen LogP contribution in [0.3, 0.4) is 0 Å². The van der Waals surface area contributed by atoms with E-state index >= 15 is 0 Å². The number of alkyl halides is 1. The van der Waals surface area contributed by atoms with Gasteiger partial charge >= 0.3 is 0 Å². The zero-order chi connectivity index (χ0) is 29.2. The molecule has 1 aliphatic carbocycles. The third kappa shape index (κ3) is 6.57. The maximum absolute atomic E-state index is 14.3. The van der Waals surface area contributed by atoms with Gasteiger partial charge < -0.3 is 21.1 Å². The Morgan fingerprint density at radius 3 is 2.55 bits per heavy atom. The predicted octanol–water partition coefficient (Wildman–Crippen LogP) is 3.46. The molecule has 4 rings (SSSR count). The summed E-state index contributed by atoms with van der Waals surface area (Å²) in [5.74, 6) is -0.193. The lowest BCUT2D eigenvalue weighted by Gasteiger charge is -2.37. The van der Waals surface area contributed by atoms with E-state index in [1.165, 1.54) is 26.2 Å². The van der Waals surface area contributed by atoms with E-state index in [-0.39, 0.29) is 24.1 Å². The number of carbonyl (C=O) groups is 2.